The monoisotopic (exact) mass is 269 g/mol. The van der Waals surface area contributed by atoms with Crippen molar-refractivity contribution in [2.24, 2.45) is 0 Å². The van der Waals surface area contributed by atoms with Gasteiger partial charge in [-0.3, -0.25) is 4.79 Å². The second-order valence-corrected chi connectivity index (χ2v) is 4.83. The van der Waals surface area contributed by atoms with Crippen molar-refractivity contribution in [3.8, 4) is 0 Å². The van der Waals surface area contributed by atoms with E-state index in [0.29, 0.717) is 6.54 Å². The van der Waals surface area contributed by atoms with E-state index in [-0.39, 0.29) is 18.4 Å². The summed E-state index contributed by atoms with van der Waals surface area (Å²) in [5.74, 6) is -0.164. The van der Waals surface area contributed by atoms with E-state index in [4.69, 9.17) is 5.11 Å². The SMILES string of the molecule is CC(C(=O)NCc1cccc(CO)c1)c1ccccc1. The van der Waals surface area contributed by atoms with E-state index in [1.54, 1.807) is 0 Å². The summed E-state index contributed by atoms with van der Waals surface area (Å²) in [7, 11) is 0. The minimum atomic E-state index is -0.169. The first kappa shape index (κ1) is 14.3. The van der Waals surface area contributed by atoms with E-state index in [9.17, 15) is 4.79 Å². The summed E-state index contributed by atoms with van der Waals surface area (Å²) in [5.41, 5.74) is 2.85. The highest BCUT2D eigenvalue weighted by Crippen LogP contribution is 2.14. The zero-order chi connectivity index (χ0) is 14.4. The predicted octanol–water partition coefficient (Wildman–Crippen LogP) is 2.60. The fraction of sp³-hybridized carbons (Fsp3) is 0.235. The zero-order valence-electron chi connectivity index (χ0n) is 11.5. The topological polar surface area (TPSA) is 49.3 Å². The quantitative estimate of drug-likeness (QED) is 0.876. The van der Waals surface area contributed by atoms with E-state index in [0.717, 1.165) is 16.7 Å². The average molecular weight is 269 g/mol. The van der Waals surface area contributed by atoms with Crippen molar-refractivity contribution in [3.05, 3.63) is 71.3 Å². The van der Waals surface area contributed by atoms with Gasteiger partial charge in [0.2, 0.25) is 5.91 Å². The molecule has 0 aliphatic heterocycles. The molecule has 0 saturated heterocycles. The molecule has 0 radical (unpaired) electrons. The molecule has 1 unspecified atom stereocenters. The molecule has 0 bridgehead atoms. The van der Waals surface area contributed by atoms with Gasteiger partial charge in [-0.2, -0.15) is 0 Å². The van der Waals surface area contributed by atoms with Gasteiger partial charge in [0.15, 0.2) is 0 Å². The highest BCUT2D eigenvalue weighted by atomic mass is 16.3. The van der Waals surface area contributed by atoms with Crippen LogP contribution in [-0.4, -0.2) is 11.0 Å². The van der Waals surface area contributed by atoms with Gasteiger partial charge in [0.25, 0.3) is 0 Å². The molecule has 2 aromatic rings. The molecule has 3 heteroatoms. The lowest BCUT2D eigenvalue weighted by Gasteiger charge is -2.13. The third-order valence-corrected chi connectivity index (χ3v) is 3.33. The third kappa shape index (κ3) is 3.68. The molecular weight excluding hydrogens is 250 g/mol. The van der Waals surface area contributed by atoms with Crippen molar-refractivity contribution < 1.29 is 9.90 Å². The predicted molar refractivity (Wildman–Crippen MR) is 79.1 cm³/mol. The summed E-state index contributed by atoms with van der Waals surface area (Å²) in [6, 6.07) is 17.3. The molecule has 2 aromatic carbocycles. The lowest BCUT2D eigenvalue weighted by Crippen LogP contribution is -2.27. The molecule has 0 aromatic heterocycles. The van der Waals surface area contributed by atoms with Crippen molar-refractivity contribution >= 4 is 5.91 Å². The maximum absolute atomic E-state index is 12.1. The van der Waals surface area contributed by atoms with Crippen LogP contribution in [0.5, 0.6) is 0 Å². The standard InChI is InChI=1S/C17H19NO2/c1-13(16-8-3-2-4-9-16)17(20)18-11-14-6-5-7-15(10-14)12-19/h2-10,13,19H,11-12H2,1H3,(H,18,20). The van der Waals surface area contributed by atoms with E-state index in [1.165, 1.54) is 0 Å². The van der Waals surface area contributed by atoms with Crippen LogP contribution in [0.1, 0.15) is 29.5 Å². The Labute approximate surface area is 119 Å². The Morgan fingerprint density at radius 3 is 2.50 bits per heavy atom. The molecule has 3 nitrogen and oxygen atoms in total. The molecule has 2 rings (SSSR count). The average Bonchev–Trinajstić information content (AvgIpc) is 2.53. The number of hydrogen-bond donors (Lipinski definition) is 2. The maximum atomic E-state index is 12.1. The zero-order valence-corrected chi connectivity index (χ0v) is 11.5. The van der Waals surface area contributed by atoms with E-state index in [1.807, 2.05) is 61.5 Å². The molecule has 0 aliphatic rings. The Bertz CT molecular complexity index is 566. The summed E-state index contributed by atoms with van der Waals surface area (Å²) in [6.45, 7) is 2.39. The first-order valence-corrected chi connectivity index (χ1v) is 6.72. The molecule has 1 atom stereocenters. The Morgan fingerprint density at radius 2 is 1.80 bits per heavy atom. The largest absolute Gasteiger partial charge is 0.392 e. The lowest BCUT2D eigenvalue weighted by atomic mass is 10.0. The number of aliphatic hydroxyl groups is 1. The van der Waals surface area contributed by atoms with Crippen LogP contribution in [0.25, 0.3) is 0 Å². The summed E-state index contributed by atoms with van der Waals surface area (Å²) in [4.78, 5) is 12.1. The minimum absolute atomic E-state index is 0.00519. The highest BCUT2D eigenvalue weighted by molar-refractivity contribution is 5.83. The number of nitrogens with one attached hydrogen (secondary N) is 1. The highest BCUT2D eigenvalue weighted by Gasteiger charge is 2.14. The number of amides is 1. The van der Waals surface area contributed by atoms with E-state index >= 15 is 0 Å². The smallest absolute Gasteiger partial charge is 0.227 e. The van der Waals surface area contributed by atoms with Crippen molar-refractivity contribution in [2.75, 3.05) is 0 Å². The van der Waals surface area contributed by atoms with Gasteiger partial charge in [-0.25, -0.2) is 0 Å². The van der Waals surface area contributed by atoms with Crippen LogP contribution < -0.4 is 5.32 Å². The molecular formula is C17H19NO2. The molecule has 20 heavy (non-hydrogen) atoms. The molecule has 0 heterocycles. The molecule has 0 saturated carbocycles. The fourth-order valence-corrected chi connectivity index (χ4v) is 2.07. The summed E-state index contributed by atoms with van der Waals surface area (Å²) in [5, 5.41) is 12.0. The second-order valence-electron chi connectivity index (χ2n) is 4.83. The van der Waals surface area contributed by atoms with E-state index in [2.05, 4.69) is 5.32 Å². The first-order valence-electron chi connectivity index (χ1n) is 6.72. The van der Waals surface area contributed by atoms with Gasteiger partial charge in [-0.15, -0.1) is 0 Å². The number of aliphatic hydroxyl groups excluding tert-OH is 1. The Hall–Kier alpha value is -2.13. The van der Waals surface area contributed by atoms with Crippen molar-refractivity contribution in [2.45, 2.75) is 26.0 Å². The molecule has 104 valence electrons. The number of benzene rings is 2. The fourth-order valence-electron chi connectivity index (χ4n) is 2.07. The van der Waals surface area contributed by atoms with Gasteiger partial charge in [-0.05, 0) is 23.6 Å². The Balaban J connectivity index is 1.95. The van der Waals surface area contributed by atoms with Crippen LogP contribution in [0.2, 0.25) is 0 Å². The van der Waals surface area contributed by atoms with Gasteiger partial charge in [0.1, 0.15) is 0 Å². The molecule has 2 N–H and O–H groups in total. The summed E-state index contributed by atoms with van der Waals surface area (Å²) >= 11 is 0. The van der Waals surface area contributed by atoms with Gasteiger partial charge in [0, 0.05) is 6.54 Å². The van der Waals surface area contributed by atoms with Gasteiger partial charge in [-0.1, -0.05) is 54.6 Å². The number of rotatable bonds is 5. The third-order valence-electron chi connectivity index (χ3n) is 3.33. The summed E-state index contributed by atoms with van der Waals surface area (Å²) in [6.07, 6.45) is 0. The van der Waals surface area contributed by atoms with Crippen molar-refractivity contribution in [3.63, 3.8) is 0 Å². The van der Waals surface area contributed by atoms with Crippen LogP contribution >= 0.6 is 0 Å². The minimum Gasteiger partial charge on any atom is -0.392 e. The van der Waals surface area contributed by atoms with Crippen LogP contribution in [0, 0.1) is 0 Å². The van der Waals surface area contributed by atoms with E-state index < -0.39 is 0 Å². The molecule has 0 fully saturated rings. The van der Waals surface area contributed by atoms with Crippen molar-refractivity contribution in [1.82, 2.24) is 5.32 Å². The number of carbonyl (C=O) groups is 1. The van der Waals surface area contributed by atoms with Crippen LogP contribution in [-0.2, 0) is 17.9 Å². The molecule has 1 amide bonds. The number of carbonyl (C=O) groups excluding carboxylic acids is 1. The van der Waals surface area contributed by atoms with Gasteiger partial charge in [0.05, 0.1) is 12.5 Å². The number of hydrogen-bond acceptors (Lipinski definition) is 2. The second kappa shape index (κ2) is 6.87. The summed E-state index contributed by atoms with van der Waals surface area (Å²) < 4.78 is 0. The Kier molecular flexibility index (Phi) is 4.91. The van der Waals surface area contributed by atoms with Crippen LogP contribution in [0.15, 0.2) is 54.6 Å². The maximum Gasteiger partial charge on any atom is 0.227 e. The van der Waals surface area contributed by atoms with Crippen LogP contribution in [0.3, 0.4) is 0 Å². The van der Waals surface area contributed by atoms with Gasteiger partial charge < -0.3 is 10.4 Å². The lowest BCUT2D eigenvalue weighted by molar-refractivity contribution is -0.122. The molecule has 0 spiro atoms. The molecule has 0 aliphatic carbocycles. The first-order chi connectivity index (χ1) is 9.70. The normalized spacial score (nSPS) is 11.9. The van der Waals surface area contributed by atoms with Crippen molar-refractivity contribution in [1.29, 1.82) is 0 Å². The van der Waals surface area contributed by atoms with Gasteiger partial charge >= 0.3 is 0 Å². The Morgan fingerprint density at radius 1 is 1.10 bits per heavy atom. The van der Waals surface area contributed by atoms with Crippen LogP contribution in [0.4, 0.5) is 0 Å².